The molecule has 0 spiro atoms. The monoisotopic (exact) mass is 264 g/mol. The SMILES string of the molecule is Nc1nc2cc(Cl)cnc2n1Cc1ccsc1. The van der Waals surface area contributed by atoms with Crippen LogP contribution in [0.15, 0.2) is 29.1 Å². The molecule has 0 aliphatic carbocycles. The standard InChI is InChI=1S/C11H9ClN4S/c12-8-3-9-10(14-4-8)16(11(13)15-9)5-7-1-2-17-6-7/h1-4,6H,5H2,(H2,13,15). The number of pyridine rings is 1. The number of anilines is 1. The molecule has 0 bridgehead atoms. The maximum Gasteiger partial charge on any atom is 0.202 e. The van der Waals surface area contributed by atoms with Gasteiger partial charge in [0.25, 0.3) is 0 Å². The van der Waals surface area contributed by atoms with E-state index in [0.29, 0.717) is 17.5 Å². The Morgan fingerprint density at radius 2 is 2.35 bits per heavy atom. The molecule has 0 unspecified atom stereocenters. The molecule has 2 N–H and O–H groups in total. The van der Waals surface area contributed by atoms with Crippen molar-refractivity contribution in [2.45, 2.75) is 6.54 Å². The number of hydrogen-bond acceptors (Lipinski definition) is 4. The Kier molecular flexibility index (Phi) is 2.49. The minimum absolute atomic E-state index is 0.459. The fraction of sp³-hybridized carbons (Fsp3) is 0.0909. The Hall–Kier alpha value is -1.59. The molecule has 86 valence electrons. The van der Waals surface area contributed by atoms with E-state index in [1.807, 2.05) is 9.95 Å². The van der Waals surface area contributed by atoms with Gasteiger partial charge in [-0.1, -0.05) is 11.6 Å². The van der Waals surface area contributed by atoms with Gasteiger partial charge in [-0.15, -0.1) is 0 Å². The zero-order chi connectivity index (χ0) is 11.8. The summed E-state index contributed by atoms with van der Waals surface area (Å²) < 4.78 is 1.88. The minimum Gasteiger partial charge on any atom is -0.369 e. The Bertz CT molecular complexity index is 659. The molecule has 0 radical (unpaired) electrons. The van der Waals surface area contributed by atoms with Crippen molar-refractivity contribution in [1.82, 2.24) is 14.5 Å². The third kappa shape index (κ3) is 1.87. The van der Waals surface area contributed by atoms with Gasteiger partial charge in [0.15, 0.2) is 5.65 Å². The summed E-state index contributed by atoms with van der Waals surface area (Å²) >= 11 is 7.53. The van der Waals surface area contributed by atoms with Crippen molar-refractivity contribution in [3.8, 4) is 0 Å². The molecule has 3 aromatic rings. The van der Waals surface area contributed by atoms with E-state index in [2.05, 4.69) is 21.4 Å². The second-order valence-electron chi connectivity index (χ2n) is 3.68. The van der Waals surface area contributed by atoms with Crippen molar-refractivity contribution in [3.05, 3.63) is 39.7 Å². The molecule has 0 aliphatic heterocycles. The number of nitrogen functional groups attached to an aromatic ring is 1. The molecular formula is C11H9ClN4S. The van der Waals surface area contributed by atoms with Crippen LogP contribution < -0.4 is 5.73 Å². The number of fused-ring (bicyclic) bond motifs is 1. The summed E-state index contributed by atoms with van der Waals surface area (Å²) in [5.74, 6) is 0.459. The van der Waals surface area contributed by atoms with E-state index in [1.54, 1.807) is 23.6 Å². The summed E-state index contributed by atoms with van der Waals surface area (Å²) in [6, 6.07) is 3.83. The molecule has 3 heterocycles. The van der Waals surface area contributed by atoms with Crippen molar-refractivity contribution < 1.29 is 0 Å². The maximum atomic E-state index is 5.89. The molecule has 0 saturated heterocycles. The van der Waals surface area contributed by atoms with Crippen LogP contribution in [0.25, 0.3) is 11.2 Å². The minimum atomic E-state index is 0.459. The van der Waals surface area contributed by atoms with E-state index in [-0.39, 0.29) is 0 Å². The second-order valence-corrected chi connectivity index (χ2v) is 4.90. The van der Waals surface area contributed by atoms with Crippen LogP contribution in [-0.4, -0.2) is 14.5 Å². The van der Waals surface area contributed by atoms with Gasteiger partial charge < -0.3 is 5.73 Å². The number of aromatic nitrogens is 3. The molecule has 4 nitrogen and oxygen atoms in total. The van der Waals surface area contributed by atoms with Crippen LogP contribution in [0.5, 0.6) is 0 Å². The quantitative estimate of drug-likeness (QED) is 0.774. The fourth-order valence-electron chi connectivity index (χ4n) is 1.72. The number of halogens is 1. The lowest BCUT2D eigenvalue weighted by Gasteiger charge is -2.03. The van der Waals surface area contributed by atoms with Gasteiger partial charge in [-0.2, -0.15) is 11.3 Å². The van der Waals surface area contributed by atoms with Crippen LogP contribution >= 0.6 is 22.9 Å². The lowest BCUT2D eigenvalue weighted by atomic mass is 10.3. The zero-order valence-electron chi connectivity index (χ0n) is 8.80. The molecule has 0 saturated carbocycles. The molecule has 0 aliphatic rings. The summed E-state index contributed by atoms with van der Waals surface area (Å²) in [6.07, 6.45) is 1.61. The van der Waals surface area contributed by atoms with Gasteiger partial charge >= 0.3 is 0 Å². The number of nitrogens with two attached hydrogens (primary N) is 1. The van der Waals surface area contributed by atoms with Gasteiger partial charge in [0, 0.05) is 6.20 Å². The van der Waals surface area contributed by atoms with E-state index in [4.69, 9.17) is 17.3 Å². The summed E-state index contributed by atoms with van der Waals surface area (Å²) in [6.45, 7) is 0.681. The van der Waals surface area contributed by atoms with Gasteiger partial charge in [0.2, 0.25) is 5.95 Å². The van der Waals surface area contributed by atoms with Gasteiger partial charge in [-0.05, 0) is 28.5 Å². The van der Waals surface area contributed by atoms with Crippen LogP contribution in [0.3, 0.4) is 0 Å². The van der Waals surface area contributed by atoms with Gasteiger partial charge in [-0.25, -0.2) is 9.97 Å². The van der Waals surface area contributed by atoms with Crippen molar-refractivity contribution in [1.29, 1.82) is 0 Å². The number of imidazole rings is 1. The molecule has 0 atom stereocenters. The summed E-state index contributed by atoms with van der Waals surface area (Å²) in [4.78, 5) is 8.53. The predicted molar refractivity (Wildman–Crippen MR) is 70.4 cm³/mol. The number of rotatable bonds is 2. The first-order chi connectivity index (χ1) is 8.24. The number of nitrogens with zero attached hydrogens (tertiary/aromatic N) is 3. The Balaban J connectivity index is 2.12. The van der Waals surface area contributed by atoms with Crippen LogP contribution in [0.4, 0.5) is 5.95 Å². The van der Waals surface area contributed by atoms with E-state index in [9.17, 15) is 0 Å². The zero-order valence-corrected chi connectivity index (χ0v) is 10.4. The molecule has 17 heavy (non-hydrogen) atoms. The van der Waals surface area contributed by atoms with Crippen molar-refractivity contribution in [3.63, 3.8) is 0 Å². The highest BCUT2D eigenvalue weighted by molar-refractivity contribution is 7.07. The fourth-order valence-corrected chi connectivity index (χ4v) is 2.54. The normalized spacial score (nSPS) is 11.1. The van der Waals surface area contributed by atoms with E-state index in [0.717, 1.165) is 11.2 Å². The average Bonchev–Trinajstić information content (AvgIpc) is 2.88. The topological polar surface area (TPSA) is 56.7 Å². The molecule has 0 aromatic carbocycles. The van der Waals surface area contributed by atoms with Crippen LogP contribution in [0.2, 0.25) is 5.02 Å². The molecule has 0 fully saturated rings. The van der Waals surface area contributed by atoms with Crippen LogP contribution in [-0.2, 0) is 6.54 Å². The van der Waals surface area contributed by atoms with Gasteiger partial charge in [-0.3, -0.25) is 4.57 Å². The smallest absolute Gasteiger partial charge is 0.202 e. The molecular weight excluding hydrogens is 256 g/mol. The third-order valence-electron chi connectivity index (χ3n) is 2.50. The average molecular weight is 265 g/mol. The number of thiophene rings is 1. The van der Waals surface area contributed by atoms with E-state index >= 15 is 0 Å². The lowest BCUT2D eigenvalue weighted by molar-refractivity contribution is 0.831. The highest BCUT2D eigenvalue weighted by Gasteiger charge is 2.10. The first-order valence-electron chi connectivity index (χ1n) is 5.02. The molecule has 0 amide bonds. The first-order valence-corrected chi connectivity index (χ1v) is 6.34. The summed E-state index contributed by atoms with van der Waals surface area (Å²) in [5.41, 5.74) is 8.57. The highest BCUT2D eigenvalue weighted by atomic mass is 35.5. The first kappa shape index (κ1) is 10.6. The number of hydrogen-bond donors (Lipinski definition) is 1. The van der Waals surface area contributed by atoms with E-state index in [1.165, 1.54) is 5.56 Å². The molecule has 6 heteroatoms. The van der Waals surface area contributed by atoms with Crippen molar-refractivity contribution >= 4 is 40.0 Å². The largest absolute Gasteiger partial charge is 0.369 e. The molecule has 3 aromatic heterocycles. The van der Waals surface area contributed by atoms with Gasteiger partial charge in [0.05, 0.1) is 11.6 Å². The van der Waals surface area contributed by atoms with Crippen molar-refractivity contribution in [2.75, 3.05) is 5.73 Å². The predicted octanol–water partition coefficient (Wildman–Crippen LogP) is 2.78. The Labute approximate surface area is 107 Å². The maximum absolute atomic E-state index is 5.89. The third-order valence-corrected chi connectivity index (χ3v) is 3.44. The van der Waals surface area contributed by atoms with Crippen molar-refractivity contribution in [2.24, 2.45) is 0 Å². The Morgan fingerprint density at radius 1 is 1.47 bits per heavy atom. The second kappa shape index (κ2) is 4.01. The van der Waals surface area contributed by atoms with E-state index < -0.39 is 0 Å². The van der Waals surface area contributed by atoms with Crippen LogP contribution in [0.1, 0.15) is 5.56 Å². The molecule has 3 rings (SSSR count). The summed E-state index contributed by atoms with van der Waals surface area (Å²) in [7, 11) is 0. The highest BCUT2D eigenvalue weighted by Crippen LogP contribution is 2.21. The Morgan fingerprint density at radius 3 is 3.12 bits per heavy atom. The van der Waals surface area contributed by atoms with Gasteiger partial charge in [0.1, 0.15) is 5.52 Å². The van der Waals surface area contributed by atoms with Crippen LogP contribution in [0, 0.1) is 0 Å². The summed E-state index contributed by atoms with van der Waals surface area (Å²) in [5, 5.41) is 4.69. The lowest BCUT2D eigenvalue weighted by Crippen LogP contribution is -2.04.